The molecule has 1 aromatic carbocycles. The van der Waals surface area contributed by atoms with Crippen molar-refractivity contribution in [2.45, 2.75) is 4.90 Å². The number of nitrogens with two attached hydrogens (primary N) is 1. The van der Waals surface area contributed by atoms with E-state index in [0.717, 1.165) is 5.39 Å². The van der Waals surface area contributed by atoms with Crippen LogP contribution in [0.4, 0.5) is 11.5 Å². The third-order valence-electron chi connectivity index (χ3n) is 2.98. The van der Waals surface area contributed by atoms with Gasteiger partial charge < -0.3 is 5.32 Å². The van der Waals surface area contributed by atoms with Crippen LogP contribution in [0.3, 0.4) is 0 Å². The zero-order valence-electron chi connectivity index (χ0n) is 11.1. The Labute approximate surface area is 120 Å². The van der Waals surface area contributed by atoms with Crippen molar-refractivity contribution in [1.82, 2.24) is 19.7 Å². The highest BCUT2D eigenvalue weighted by atomic mass is 32.2. The minimum Gasteiger partial charge on any atom is -0.340 e. The van der Waals surface area contributed by atoms with E-state index in [-0.39, 0.29) is 4.90 Å². The van der Waals surface area contributed by atoms with Crippen LogP contribution in [0.5, 0.6) is 0 Å². The molecule has 0 saturated heterocycles. The number of sulfonamides is 1. The lowest BCUT2D eigenvalue weighted by atomic mass is 10.3. The van der Waals surface area contributed by atoms with Crippen molar-refractivity contribution in [3.05, 3.63) is 36.8 Å². The Bertz CT molecular complexity index is 901. The Morgan fingerprint density at radius 3 is 2.57 bits per heavy atom. The maximum Gasteiger partial charge on any atom is 0.238 e. The summed E-state index contributed by atoms with van der Waals surface area (Å²) in [5, 5.41) is 13.1. The maximum absolute atomic E-state index is 11.2. The fourth-order valence-electron chi connectivity index (χ4n) is 1.93. The Morgan fingerprint density at radius 2 is 1.90 bits per heavy atom. The van der Waals surface area contributed by atoms with Crippen molar-refractivity contribution >= 4 is 32.6 Å². The monoisotopic (exact) mass is 304 g/mol. The van der Waals surface area contributed by atoms with Crippen LogP contribution < -0.4 is 10.5 Å². The number of benzene rings is 1. The minimum atomic E-state index is -3.69. The third kappa shape index (κ3) is 2.56. The molecule has 2 heterocycles. The third-order valence-corrected chi connectivity index (χ3v) is 3.90. The molecule has 0 fully saturated rings. The fourth-order valence-corrected chi connectivity index (χ4v) is 2.44. The number of aryl methyl sites for hydroxylation is 1. The summed E-state index contributed by atoms with van der Waals surface area (Å²) in [5.74, 6) is 0.594. The first-order chi connectivity index (χ1) is 9.95. The van der Waals surface area contributed by atoms with Crippen molar-refractivity contribution in [2.75, 3.05) is 5.32 Å². The molecule has 2 aromatic heterocycles. The number of anilines is 2. The minimum absolute atomic E-state index is 0.0577. The van der Waals surface area contributed by atoms with E-state index in [4.69, 9.17) is 5.14 Å². The predicted molar refractivity (Wildman–Crippen MR) is 77.4 cm³/mol. The highest BCUT2D eigenvalue weighted by molar-refractivity contribution is 7.89. The molecule has 3 N–H and O–H groups in total. The molecule has 3 aromatic rings. The lowest BCUT2D eigenvalue weighted by molar-refractivity contribution is 0.598. The molecule has 0 bridgehead atoms. The molecule has 0 saturated carbocycles. The van der Waals surface area contributed by atoms with Crippen LogP contribution in [0.2, 0.25) is 0 Å². The van der Waals surface area contributed by atoms with Crippen LogP contribution in [0.25, 0.3) is 11.0 Å². The van der Waals surface area contributed by atoms with Gasteiger partial charge >= 0.3 is 0 Å². The molecule has 8 nitrogen and oxygen atoms in total. The molecule has 0 aliphatic rings. The number of nitrogens with one attached hydrogen (secondary N) is 1. The van der Waals surface area contributed by atoms with Gasteiger partial charge in [0.25, 0.3) is 0 Å². The number of rotatable bonds is 3. The van der Waals surface area contributed by atoms with E-state index >= 15 is 0 Å². The van der Waals surface area contributed by atoms with Crippen LogP contribution in [-0.2, 0) is 17.1 Å². The lowest BCUT2D eigenvalue weighted by Gasteiger charge is -2.07. The molecule has 0 unspecified atom stereocenters. The van der Waals surface area contributed by atoms with Crippen molar-refractivity contribution in [3.8, 4) is 0 Å². The average Bonchev–Trinajstić information content (AvgIpc) is 2.82. The number of fused-ring (bicyclic) bond motifs is 1. The second kappa shape index (κ2) is 4.79. The molecule has 0 amide bonds. The zero-order valence-corrected chi connectivity index (χ0v) is 11.9. The standard InChI is InChI=1S/C12H12N6O2S/c1-18-12-10(6-16-18)11(14-7-15-12)17-8-2-4-9(5-3-8)21(13,19)20/h2-7H,1H3,(H2,13,19,20)(H,14,15,17). The smallest absolute Gasteiger partial charge is 0.238 e. The summed E-state index contributed by atoms with van der Waals surface area (Å²) in [4.78, 5) is 8.37. The lowest BCUT2D eigenvalue weighted by Crippen LogP contribution is -2.11. The highest BCUT2D eigenvalue weighted by Crippen LogP contribution is 2.22. The molecule has 3 rings (SSSR count). The Hall–Kier alpha value is -2.52. The van der Waals surface area contributed by atoms with Gasteiger partial charge in [0.15, 0.2) is 5.65 Å². The first-order valence-electron chi connectivity index (χ1n) is 5.98. The second-order valence-corrected chi connectivity index (χ2v) is 5.98. The van der Waals surface area contributed by atoms with Crippen LogP contribution in [0.1, 0.15) is 0 Å². The summed E-state index contributed by atoms with van der Waals surface area (Å²) in [6, 6.07) is 6.09. The van der Waals surface area contributed by atoms with Gasteiger partial charge in [0.2, 0.25) is 10.0 Å². The molecule has 0 radical (unpaired) electrons. The molecule has 108 valence electrons. The Kier molecular flexibility index (Phi) is 3.07. The number of nitrogens with zero attached hydrogens (tertiary/aromatic N) is 4. The number of primary sulfonamides is 1. The zero-order chi connectivity index (χ0) is 15.0. The topological polar surface area (TPSA) is 116 Å². The van der Waals surface area contributed by atoms with Crippen LogP contribution >= 0.6 is 0 Å². The van der Waals surface area contributed by atoms with Crippen LogP contribution in [0.15, 0.2) is 41.7 Å². The molecule has 21 heavy (non-hydrogen) atoms. The van der Waals surface area contributed by atoms with Crippen LogP contribution in [0, 0.1) is 0 Å². The number of aromatic nitrogens is 4. The van der Waals surface area contributed by atoms with Crippen molar-refractivity contribution in [3.63, 3.8) is 0 Å². The summed E-state index contributed by atoms with van der Waals surface area (Å²) in [5.41, 5.74) is 1.39. The van der Waals surface area contributed by atoms with Gasteiger partial charge in [0, 0.05) is 12.7 Å². The van der Waals surface area contributed by atoms with E-state index in [1.807, 2.05) is 0 Å². The summed E-state index contributed by atoms with van der Waals surface area (Å²) in [6.45, 7) is 0. The van der Waals surface area contributed by atoms with E-state index in [1.54, 1.807) is 30.1 Å². The molecule has 0 atom stereocenters. The summed E-state index contributed by atoms with van der Waals surface area (Å²) in [7, 11) is -1.90. The Balaban J connectivity index is 1.95. The maximum atomic E-state index is 11.2. The SMILES string of the molecule is Cn1ncc2c(Nc3ccc(S(N)(=O)=O)cc3)ncnc21. The summed E-state index contributed by atoms with van der Waals surface area (Å²) >= 11 is 0. The largest absolute Gasteiger partial charge is 0.340 e. The normalized spacial score (nSPS) is 11.7. The fraction of sp³-hybridized carbons (Fsp3) is 0.0833. The van der Waals surface area contributed by atoms with E-state index in [0.29, 0.717) is 17.2 Å². The number of hydrogen-bond donors (Lipinski definition) is 2. The van der Waals surface area contributed by atoms with E-state index in [2.05, 4.69) is 20.4 Å². The summed E-state index contributed by atoms with van der Waals surface area (Å²) in [6.07, 6.45) is 3.10. The molecular formula is C12H12N6O2S. The molecule has 9 heteroatoms. The van der Waals surface area contributed by atoms with Crippen molar-refractivity contribution < 1.29 is 8.42 Å². The second-order valence-electron chi connectivity index (χ2n) is 4.42. The molecular weight excluding hydrogens is 292 g/mol. The van der Waals surface area contributed by atoms with Gasteiger partial charge in [-0.3, -0.25) is 4.68 Å². The van der Waals surface area contributed by atoms with Gasteiger partial charge in [0.1, 0.15) is 12.1 Å². The van der Waals surface area contributed by atoms with Gasteiger partial charge in [-0.05, 0) is 24.3 Å². The predicted octanol–water partition coefficient (Wildman–Crippen LogP) is 0.754. The van der Waals surface area contributed by atoms with Gasteiger partial charge in [-0.25, -0.2) is 23.5 Å². The van der Waals surface area contributed by atoms with Gasteiger partial charge in [-0.2, -0.15) is 5.10 Å². The number of hydrogen-bond acceptors (Lipinski definition) is 6. The summed E-state index contributed by atoms with van der Waals surface area (Å²) < 4.78 is 24.1. The average molecular weight is 304 g/mol. The molecule has 0 spiro atoms. The first kappa shape index (κ1) is 13.5. The Morgan fingerprint density at radius 1 is 1.19 bits per heavy atom. The van der Waals surface area contributed by atoms with Crippen molar-refractivity contribution in [1.29, 1.82) is 0 Å². The van der Waals surface area contributed by atoms with Gasteiger partial charge in [-0.15, -0.1) is 0 Å². The first-order valence-corrected chi connectivity index (χ1v) is 7.52. The van der Waals surface area contributed by atoms with Gasteiger partial charge in [-0.1, -0.05) is 0 Å². The van der Waals surface area contributed by atoms with E-state index in [9.17, 15) is 8.42 Å². The molecule has 0 aliphatic carbocycles. The molecule has 0 aliphatic heterocycles. The highest BCUT2D eigenvalue weighted by Gasteiger charge is 2.09. The van der Waals surface area contributed by atoms with Crippen LogP contribution in [-0.4, -0.2) is 28.2 Å². The van der Waals surface area contributed by atoms with Crippen molar-refractivity contribution in [2.24, 2.45) is 12.2 Å². The van der Waals surface area contributed by atoms with E-state index < -0.39 is 10.0 Å². The quantitative estimate of drug-likeness (QED) is 0.737. The van der Waals surface area contributed by atoms with E-state index in [1.165, 1.54) is 18.5 Å². The van der Waals surface area contributed by atoms with Gasteiger partial charge in [0.05, 0.1) is 16.5 Å².